The van der Waals surface area contributed by atoms with Gasteiger partial charge in [0.25, 0.3) is 0 Å². The lowest BCUT2D eigenvalue weighted by atomic mass is 9.45. The van der Waals surface area contributed by atoms with Crippen molar-refractivity contribution in [3.05, 3.63) is 46.0 Å². The molecule has 0 aliphatic heterocycles. The molecular weight excluding hydrogens is 496 g/mol. The van der Waals surface area contributed by atoms with E-state index in [1.54, 1.807) is 6.26 Å². The van der Waals surface area contributed by atoms with Crippen LogP contribution < -0.4 is 5.63 Å². The number of carboxylic acids is 1. The molecule has 1 heterocycles. The van der Waals surface area contributed by atoms with Crippen LogP contribution in [0.2, 0.25) is 0 Å². The molecule has 1 aromatic heterocycles. The Morgan fingerprint density at radius 3 is 2.46 bits per heavy atom. The summed E-state index contributed by atoms with van der Waals surface area (Å²) in [5.41, 5.74) is 1.12. The molecule has 0 aromatic carbocycles. The van der Waals surface area contributed by atoms with Gasteiger partial charge in [-0.2, -0.15) is 0 Å². The molecule has 0 bridgehead atoms. The Bertz CT molecular complexity index is 1150. The van der Waals surface area contributed by atoms with Crippen molar-refractivity contribution >= 4 is 11.9 Å². The number of hydrogen-bond acceptors (Lipinski definition) is 6. The van der Waals surface area contributed by atoms with Crippen molar-refractivity contribution in [1.29, 1.82) is 0 Å². The average Bonchev–Trinajstić information content (AvgIpc) is 3.18. The maximum Gasteiger partial charge on any atom is 0.335 e. The monoisotopic (exact) mass is 540 g/mol. The standard InChI is InChI=1S/C32H44O7/c1-30-16-13-23(39-29(36)8-6-4-3-5-7-27(33)34)19-22(30)10-11-26-25(30)14-17-31(2)24(15-18-32(26,31)37)21-9-12-28(35)38-20-21/h9,12,19-20,23-26,37H,3-8,10-11,13-18H2,1-2H3,(H,33,34)/t23-,24+,25-,26+,30-,31+,32-/m0/s1. The first-order valence-corrected chi connectivity index (χ1v) is 15.0. The zero-order chi connectivity index (χ0) is 27.8. The number of fused-ring (bicyclic) bond motifs is 5. The number of aliphatic carboxylic acids is 1. The molecule has 4 aliphatic carbocycles. The summed E-state index contributed by atoms with van der Waals surface area (Å²) in [6.45, 7) is 4.62. The molecule has 0 amide bonds. The summed E-state index contributed by atoms with van der Waals surface area (Å²) in [6, 6.07) is 3.37. The third kappa shape index (κ3) is 5.12. The van der Waals surface area contributed by atoms with Gasteiger partial charge >= 0.3 is 17.6 Å². The van der Waals surface area contributed by atoms with Gasteiger partial charge in [-0.25, -0.2) is 4.79 Å². The highest BCUT2D eigenvalue weighted by atomic mass is 16.5. The minimum absolute atomic E-state index is 0.0185. The number of aliphatic hydroxyl groups is 1. The van der Waals surface area contributed by atoms with Gasteiger partial charge in [0.15, 0.2) is 0 Å². The zero-order valence-electron chi connectivity index (χ0n) is 23.5. The number of allylic oxidation sites excluding steroid dienone is 1. The quantitative estimate of drug-likeness (QED) is 0.220. The van der Waals surface area contributed by atoms with Crippen molar-refractivity contribution in [3.8, 4) is 0 Å². The van der Waals surface area contributed by atoms with Crippen molar-refractivity contribution in [2.24, 2.45) is 22.7 Å². The van der Waals surface area contributed by atoms with Gasteiger partial charge < -0.3 is 19.4 Å². The van der Waals surface area contributed by atoms with Gasteiger partial charge in [0.05, 0.1) is 11.9 Å². The molecule has 7 nitrogen and oxygen atoms in total. The Morgan fingerprint density at radius 1 is 0.974 bits per heavy atom. The Kier molecular flexibility index (Phi) is 7.84. The molecular formula is C32H44O7. The van der Waals surface area contributed by atoms with Crippen LogP contribution in [0.15, 0.2) is 39.3 Å². The van der Waals surface area contributed by atoms with E-state index in [0.29, 0.717) is 18.8 Å². The fourth-order valence-electron chi connectivity index (χ4n) is 8.99. The van der Waals surface area contributed by atoms with Crippen molar-refractivity contribution in [1.82, 2.24) is 0 Å². The van der Waals surface area contributed by atoms with Crippen LogP contribution >= 0.6 is 0 Å². The van der Waals surface area contributed by atoms with Crippen LogP contribution in [0.1, 0.15) is 115 Å². The summed E-state index contributed by atoms with van der Waals surface area (Å²) < 4.78 is 11.1. The number of carboxylic acid groups (broad SMARTS) is 1. The molecule has 214 valence electrons. The van der Waals surface area contributed by atoms with Crippen LogP contribution in [0.25, 0.3) is 0 Å². The van der Waals surface area contributed by atoms with E-state index >= 15 is 0 Å². The Balaban J connectivity index is 1.22. The summed E-state index contributed by atoms with van der Waals surface area (Å²) in [5, 5.41) is 21.1. The highest BCUT2D eigenvalue weighted by Gasteiger charge is 2.66. The second-order valence-corrected chi connectivity index (χ2v) is 13.1. The molecule has 39 heavy (non-hydrogen) atoms. The number of rotatable bonds is 9. The second-order valence-electron chi connectivity index (χ2n) is 13.1. The van der Waals surface area contributed by atoms with Gasteiger partial charge in [-0.1, -0.05) is 32.3 Å². The molecule has 0 unspecified atom stereocenters. The molecule has 7 atom stereocenters. The average molecular weight is 541 g/mol. The summed E-state index contributed by atoms with van der Waals surface area (Å²) in [5.74, 6) is -0.105. The lowest BCUT2D eigenvalue weighted by Gasteiger charge is -2.61. The summed E-state index contributed by atoms with van der Waals surface area (Å²) in [7, 11) is 0. The molecule has 7 heteroatoms. The fourth-order valence-corrected chi connectivity index (χ4v) is 8.99. The number of ether oxygens (including phenoxy) is 1. The van der Waals surface area contributed by atoms with Gasteiger partial charge in [0.1, 0.15) is 6.10 Å². The molecule has 5 rings (SSSR count). The lowest BCUT2D eigenvalue weighted by molar-refractivity contribution is -0.178. The van der Waals surface area contributed by atoms with Crippen LogP contribution in [-0.2, 0) is 14.3 Å². The molecule has 4 aliphatic rings. The number of carbonyl (C=O) groups is 2. The third-order valence-corrected chi connectivity index (χ3v) is 11.2. The van der Waals surface area contributed by atoms with E-state index in [0.717, 1.165) is 76.2 Å². The Labute approximate surface area is 231 Å². The Hall–Kier alpha value is -2.41. The predicted molar refractivity (Wildman–Crippen MR) is 146 cm³/mol. The predicted octanol–water partition coefficient (Wildman–Crippen LogP) is 6.14. The van der Waals surface area contributed by atoms with Crippen molar-refractivity contribution < 1.29 is 29.0 Å². The molecule has 1 aromatic rings. The number of hydrogen-bond donors (Lipinski definition) is 2. The van der Waals surface area contributed by atoms with Crippen molar-refractivity contribution in [2.45, 2.75) is 121 Å². The fraction of sp³-hybridized carbons (Fsp3) is 0.719. The van der Waals surface area contributed by atoms with E-state index in [4.69, 9.17) is 14.3 Å². The normalized spacial score (nSPS) is 37.3. The maximum atomic E-state index is 12.5. The number of carbonyl (C=O) groups excluding carboxylic acids is 1. The van der Waals surface area contributed by atoms with E-state index in [1.807, 2.05) is 6.07 Å². The van der Waals surface area contributed by atoms with Crippen LogP contribution in [-0.4, -0.2) is 33.9 Å². The van der Waals surface area contributed by atoms with E-state index in [-0.39, 0.29) is 46.8 Å². The van der Waals surface area contributed by atoms with Crippen molar-refractivity contribution in [3.63, 3.8) is 0 Å². The smallest absolute Gasteiger partial charge is 0.335 e. The first-order chi connectivity index (χ1) is 18.6. The molecule has 3 saturated carbocycles. The van der Waals surface area contributed by atoms with Crippen LogP contribution in [0, 0.1) is 22.7 Å². The van der Waals surface area contributed by atoms with Gasteiger partial charge in [0.2, 0.25) is 0 Å². The summed E-state index contributed by atoms with van der Waals surface area (Å²) in [4.78, 5) is 34.6. The van der Waals surface area contributed by atoms with Gasteiger partial charge in [-0.05, 0) is 105 Å². The van der Waals surface area contributed by atoms with Crippen LogP contribution in [0.3, 0.4) is 0 Å². The van der Waals surface area contributed by atoms with Crippen LogP contribution in [0.4, 0.5) is 0 Å². The molecule has 0 spiro atoms. The highest BCUT2D eigenvalue weighted by molar-refractivity contribution is 5.69. The van der Waals surface area contributed by atoms with Crippen molar-refractivity contribution in [2.75, 3.05) is 0 Å². The largest absolute Gasteiger partial charge is 0.481 e. The molecule has 2 N–H and O–H groups in total. The van der Waals surface area contributed by atoms with E-state index in [1.165, 1.54) is 11.6 Å². The second kappa shape index (κ2) is 10.9. The third-order valence-electron chi connectivity index (χ3n) is 11.2. The minimum Gasteiger partial charge on any atom is -0.481 e. The first kappa shape index (κ1) is 28.1. The molecule has 0 radical (unpaired) electrons. The minimum atomic E-state index is -0.770. The summed E-state index contributed by atoms with van der Waals surface area (Å²) in [6.07, 6.45) is 14.6. The van der Waals surface area contributed by atoms with Gasteiger partial charge in [-0.15, -0.1) is 0 Å². The van der Waals surface area contributed by atoms with E-state index in [2.05, 4.69) is 19.9 Å². The van der Waals surface area contributed by atoms with Crippen LogP contribution in [0.5, 0.6) is 0 Å². The SMILES string of the molecule is C[C@]12CC[C@H](OC(=O)CCCCCCC(=O)O)C=C1CC[C@@H]1[C@@H]2CC[C@]2(C)[C@@H](c3ccc(=O)oc3)CC[C@]12O. The van der Waals surface area contributed by atoms with E-state index in [9.17, 15) is 19.5 Å². The number of unbranched alkanes of at least 4 members (excludes halogenated alkanes) is 3. The zero-order valence-corrected chi connectivity index (χ0v) is 23.5. The topological polar surface area (TPSA) is 114 Å². The summed E-state index contributed by atoms with van der Waals surface area (Å²) >= 11 is 0. The Morgan fingerprint density at radius 2 is 1.74 bits per heavy atom. The number of esters is 1. The molecule has 0 saturated heterocycles. The first-order valence-electron chi connectivity index (χ1n) is 15.0. The van der Waals surface area contributed by atoms with Gasteiger partial charge in [-0.3, -0.25) is 9.59 Å². The molecule has 3 fully saturated rings. The van der Waals surface area contributed by atoms with Gasteiger partial charge in [0, 0.05) is 24.3 Å². The highest BCUT2D eigenvalue weighted by Crippen LogP contribution is 2.70. The maximum absolute atomic E-state index is 12.5. The lowest BCUT2D eigenvalue weighted by Crippen LogP contribution is -2.60. The van der Waals surface area contributed by atoms with E-state index < -0.39 is 11.6 Å².